The number of nitrogens with zero attached hydrogens (tertiary/aromatic N) is 3. The van der Waals surface area contributed by atoms with E-state index in [1.54, 1.807) is 17.6 Å². The summed E-state index contributed by atoms with van der Waals surface area (Å²) in [7, 11) is -2.88. The molecule has 10 heteroatoms. The summed E-state index contributed by atoms with van der Waals surface area (Å²) >= 11 is 2.96. The largest absolute Gasteiger partial charge is 0.444 e. The van der Waals surface area contributed by atoms with Crippen molar-refractivity contribution in [2.75, 3.05) is 11.5 Å². The van der Waals surface area contributed by atoms with Crippen LogP contribution in [0.3, 0.4) is 0 Å². The predicted molar refractivity (Wildman–Crippen MR) is 94.1 cm³/mol. The van der Waals surface area contributed by atoms with Crippen molar-refractivity contribution in [2.24, 2.45) is 5.92 Å². The highest BCUT2D eigenvalue weighted by Gasteiger charge is 2.29. The Hall–Kier alpha value is -1.65. The van der Waals surface area contributed by atoms with Gasteiger partial charge in [0, 0.05) is 12.2 Å². The topological polar surface area (TPSA) is 99.1 Å². The van der Waals surface area contributed by atoms with Gasteiger partial charge < -0.3 is 8.83 Å². The van der Waals surface area contributed by atoms with Crippen LogP contribution in [0.5, 0.6) is 0 Å². The molecule has 0 N–H and O–H groups in total. The molecule has 0 radical (unpaired) electrons. The van der Waals surface area contributed by atoms with Crippen LogP contribution in [0.25, 0.3) is 10.8 Å². The minimum atomic E-state index is -2.88. The molecule has 0 saturated carbocycles. The molecule has 1 aliphatic heterocycles. The highest BCUT2D eigenvalue weighted by atomic mass is 32.2. The molecule has 1 unspecified atom stereocenters. The summed E-state index contributed by atoms with van der Waals surface area (Å²) in [6.45, 7) is 0. The Morgan fingerprint density at radius 3 is 3.04 bits per heavy atom. The molecule has 3 aromatic heterocycles. The number of thioether (sulfide) groups is 1. The molecule has 1 aliphatic rings. The quantitative estimate of drug-likeness (QED) is 0.585. The van der Waals surface area contributed by atoms with Crippen LogP contribution in [0.4, 0.5) is 0 Å². The van der Waals surface area contributed by atoms with Gasteiger partial charge in [0.15, 0.2) is 9.84 Å². The zero-order valence-corrected chi connectivity index (χ0v) is 15.6. The maximum Gasteiger partial charge on any atom is 0.276 e. The van der Waals surface area contributed by atoms with Crippen LogP contribution < -0.4 is 0 Å². The van der Waals surface area contributed by atoms with Crippen LogP contribution in [-0.4, -0.2) is 35.1 Å². The third kappa shape index (κ3) is 4.13. The van der Waals surface area contributed by atoms with Gasteiger partial charge in [-0.15, -0.1) is 21.5 Å². The van der Waals surface area contributed by atoms with Gasteiger partial charge in [-0.1, -0.05) is 17.8 Å². The van der Waals surface area contributed by atoms with Crippen molar-refractivity contribution in [1.29, 1.82) is 0 Å². The molecule has 0 spiro atoms. The van der Waals surface area contributed by atoms with Crippen LogP contribution in [0.15, 0.2) is 37.8 Å². The second kappa shape index (κ2) is 6.93. The predicted octanol–water partition coefficient (Wildman–Crippen LogP) is 3.06. The molecule has 1 fully saturated rings. The second-order valence-electron chi connectivity index (χ2n) is 5.84. The number of hydrogen-bond acceptors (Lipinski definition) is 9. The van der Waals surface area contributed by atoms with Gasteiger partial charge in [0.25, 0.3) is 5.22 Å². The average molecular weight is 398 g/mol. The molecule has 3 aromatic rings. The van der Waals surface area contributed by atoms with Crippen LogP contribution >= 0.6 is 23.1 Å². The lowest BCUT2D eigenvalue weighted by molar-refractivity contribution is 0.389. The first kappa shape index (κ1) is 16.8. The summed E-state index contributed by atoms with van der Waals surface area (Å²) in [4.78, 5) is 5.43. The highest BCUT2D eigenvalue weighted by molar-refractivity contribution is 7.98. The SMILES string of the molecule is O=S1(=O)CCC(Cc2nnc(SCc3coc(-c4cccs4)n3)o2)C1. The van der Waals surface area contributed by atoms with Crippen LogP contribution in [0.2, 0.25) is 0 Å². The van der Waals surface area contributed by atoms with Gasteiger partial charge in [-0.25, -0.2) is 13.4 Å². The Morgan fingerprint density at radius 2 is 2.28 bits per heavy atom. The van der Waals surface area contributed by atoms with Crippen LogP contribution in [0, 0.1) is 5.92 Å². The van der Waals surface area contributed by atoms with E-state index in [9.17, 15) is 8.42 Å². The Morgan fingerprint density at radius 1 is 1.36 bits per heavy atom. The van der Waals surface area contributed by atoms with Gasteiger partial charge in [-0.05, 0) is 23.8 Å². The molecular formula is C15H15N3O4S3. The maximum absolute atomic E-state index is 11.5. The summed E-state index contributed by atoms with van der Waals surface area (Å²) in [5, 5.41) is 10.4. The van der Waals surface area contributed by atoms with E-state index in [2.05, 4.69) is 15.2 Å². The van der Waals surface area contributed by atoms with Gasteiger partial charge >= 0.3 is 0 Å². The van der Waals surface area contributed by atoms with Gasteiger partial charge in [0.05, 0.1) is 22.1 Å². The summed E-state index contributed by atoms with van der Waals surface area (Å²) < 4.78 is 34.1. The summed E-state index contributed by atoms with van der Waals surface area (Å²) in [6, 6.07) is 3.91. The van der Waals surface area contributed by atoms with E-state index in [0.717, 1.165) is 10.6 Å². The van der Waals surface area contributed by atoms with Crippen molar-refractivity contribution in [3.63, 3.8) is 0 Å². The minimum absolute atomic E-state index is 0.0761. The van der Waals surface area contributed by atoms with E-state index in [-0.39, 0.29) is 17.4 Å². The average Bonchev–Trinajstić information content (AvgIpc) is 3.32. The standard InChI is InChI=1S/C15H15N3O4S3/c19-25(20)5-3-10(9-25)6-13-17-18-15(22-13)24-8-11-7-21-14(16-11)12-2-1-4-23-12/h1-2,4,7,10H,3,5-6,8-9H2. The molecular weight excluding hydrogens is 382 g/mol. The lowest BCUT2D eigenvalue weighted by atomic mass is 10.1. The zero-order valence-electron chi connectivity index (χ0n) is 13.1. The molecule has 4 rings (SSSR count). The summed E-state index contributed by atoms with van der Waals surface area (Å²) in [6.07, 6.45) is 2.81. The lowest BCUT2D eigenvalue weighted by Crippen LogP contribution is -2.07. The normalized spacial score (nSPS) is 19.4. The van der Waals surface area contributed by atoms with Crippen LogP contribution in [0.1, 0.15) is 18.0 Å². The molecule has 0 aromatic carbocycles. The van der Waals surface area contributed by atoms with Gasteiger partial charge in [-0.2, -0.15) is 0 Å². The Balaban J connectivity index is 1.33. The monoisotopic (exact) mass is 397 g/mol. The summed E-state index contributed by atoms with van der Waals surface area (Å²) in [5.41, 5.74) is 0.801. The fourth-order valence-corrected chi connectivity index (χ4v) is 5.86. The molecule has 4 heterocycles. The number of sulfone groups is 1. The Labute approximate surface area is 152 Å². The Bertz CT molecular complexity index is 947. The number of rotatable bonds is 6. The first-order valence-electron chi connectivity index (χ1n) is 7.71. The first-order chi connectivity index (χ1) is 12.1. The molecule has 0 bridgehead atoms. The zero-order chi connectivity index (χ0) is 17.3. The van der Waals surface area contributed by atoms with Crippen molar-refractivity contribution in [3.8, 4) is 10.8 Å². The maximum atomic E-state index is 11.5. The first-order valence-corrected chi connectivity index (χ1v) is 11.4. The third-order valence-electron chi connectivity index (χ3n) is 3.87. The fourth-order valence-electron chi connectivity index (χ4n) is 2.68. The molecule has 1 atom stereocenters. The number of aromatic nitrogens is 3. The Kier molecular flexibility index (Phi) is 4.65. The molecule has 25 heavy (non-hydrogen) atoms. The van der Waals surface area contributed by atoms with Gasteiger partial charge in [0.1, 0.15) is 6.26 Å². The number of thiophene rings is 1. The molecule has 132 valence electrons. The van der Waals surface area contributed by atoms with Gasteiger partial charge in [0.2, 0.25) is 11.8 Å². The van der Waals surface area contributed by atoms with E-state index in [1.165, 1.54) is 11.8 Å². The molecule has 1 saturated heterocycles. The number of oxazole rings is 1. The van der Waals surface area contributed by atoms with E-state index in [4.69, 9.17) is 8.83 Å². The van der Waals surface area contributed by atoms with E-state index in [1.807, 2.05) is 17.5 Å². The lowest BCUT2D eigenvalue weighted by Gasteiger charge is -2.01. The summed E-state index contributed by atoms with van der Waals surface area (Å²) in [5.74, 6) is 2.21. The molecule has 0 amide bonds. The fraction of sp³-hybridized carbons (Fsp3) is 0.400. The van der Waals surface area contributed by atoms with Crippen LogP contribution in [-0.2, 0) is 22.0 Å². The third-order valence-corrected chi connectivity index (χ3v) is 7.41. The van der Waals surface area contributed by atoms with E-state index in [0.29, 0.717) is 35.6 Å². The van der Waals surface area contributed by atoms with Gasteiger partial charge in [-0.3, -0.25) is 0 Å². The van der Waals surface area contributed by atoms with Crippen molar-refractivity contribution < 1.29 is 17.3 Å². The minimum Gasteiger partial charge on any atom is -0.444 e. The van der Waals surface area contributed by atoms with E-state index >= 15 is 0 Å². The van der Waals surface area contributed by atoms with Crippen molar-refractivity contribution >= 4 is 32.9 Å². The highest BCUT2D eigenvalue weighted by Crippen LogP contribution is 2.28. The smallest absolute Gasteiger partial charge is 0.276 e. The van der Waals surface area contributed by atoms with Crippen molar-refractivity contribution in [2.45, 2.75) is 23.8 Å². The molecule has 0 aliphatic carbocycles. The number of hydrogen-bond donors (Lipinski definition) is 0. The molecule has 7 nitrogen and oxygen atoms in total. The van der Waals surface area contributed by atoms with Crippen molar-refractivity contribution in [1.82, 2.24) is 15.2 Å². The second-order valence-corrected chi connectivity index (χ2v) is 9.95. The van der Waals surface area contributed by atoms with Crippen molar-refractivity contribution in [3.05, 3.63) is 35.4 Å². The van der Waals surface area contributed by atoms with E-state index < -0.39 is 9.84 Å².